The molecule has 0 saturated carbocycles. The number of ketones is 1. The van der Waals surface area contributed by atoms with Crippen LogP contribution in [0.1, 0.15) is 102 Å². The van der Waals surface area contributed by atoms with Crippen molar-refractivity contribution in [2.75, 3.05) is 12.8 Å². The van der Waals surface area contributed by atoms with Crippen molar-refractivity contribution in [3.8, 4) is 0 Å². The lowest BCUT2D eigenvalue weighted by Gasteiger charge is -2.18. The van der Waals surface area contributed by atoms with Gasteiger partial charge in [-0.3, -0.25) is 4.79 Å². The summed E-state index contributed by atoms with van der Waals surface area (Å²) in [6.07, 6.45) is 21.1. The average molecular weight is 462 g/mol. The SMILES string of the molecule is C=CCC=O.CCCCCCCCCCCCCC(=O)CCN(Cc1ccccc1)SC. The van der Waals surface area contributed by atoms with E-state index in [2.05, 4.69) is 48.3 Å². The van der Waals surface area contributed by atoms with E-state index in [1.165, 1.54) is 69.8 Å². The average Bonchev–Trinajstić information content (AvgIpc) is 2.81. The van der Waals surface area contributed by atoms with Crippen molar-refractivity contribution in [2.45, 2.75) is 103 Å². The molecule has 182 valence electrons. The van der Waals surface area contributed by atoms with Crippen LogP contribution in [-0.2, 0) is 16.1 Å². The number of aldehydes is 1. The van der Waals surface area contributed by atoms with Crippen molar-refractivity contribution in [1.82, 2.24) is 4.31 Å². The normalized spacial score (nSPS) is 10.5. The minimum absolute atomic E-state index is 0.429. The summed E-state index contributed by atoms with van der Waals surface area (Å²) in [5, 5.41) is 0. The van der Waals surface area contributed by atoms with E-state index in [0.29, 0.717) is 18.6 Å². The maximum atomic E-state index is 12.1. The molecule has 1 aromatic carbocycles. The molecule has 0 saturated heterocycles. The predicted molar refractivity (Wildman–Crippen MR) is 142 cm³/mol. The van der Waals surface area contributed by atoms with Crippen molar-refractivity contribution in [3.05, 3.63) is 48.6 Å². The zero-order valence-electron chi connectivity index (χ0n) is 20.7. The lowest BCUT2D eigenvalue weighted by molar-refractivity contribution is -0.119. The molecule has 0 fully saturated rings. The highest BCUT2D eigenvalue weighted by Gasteiger charge is 2.08. The van der Waals surface area contributed by atoms with Crippen molar-refractivity contribution in [2.24, 2.45) is 0 Å². The van der Waals surface area contributed by atoms with Gasteiger partial charge in [-0.15, -0.1) is 6.58 Å². The number of hydrogen-bond donors (Lipinski definition) is 0. The van der Waals surface area contributed by atoms with Gasteiger partial charge in [-0.05, 0) is 18.2 Å². The Kier molecular flexibility index (Phi) is 23.2. The standard InChI is InChI=1S/C24H41NOS.C4H6O/c1-3-4-5-6-7-8-9-10-11-12-16-19-24(26)20-21-25(27-2)22-23-17-14-13-15-18-23;1-2-3-4-5/h13-15,17-18H,3-12,16,19-22H2,1-2H3;2,4H,1,3H2. The Morgan fingerprint density at radius 1 is 0.906 bits per heavy atom. The van der Waals surface area contributed by atoms with Crippen molar-refractivity contribution >= 4 is 24.0 Å². The number of benzene rings is 1. The van der Waals surface area contributed by atoms with Crippen LogP contribution < -0.4 is 0 Å². The van der Waals surface area contributed by atoms with Crippen LogP contribution in [0.5, 0.6) is 0 Å². The third-order valence-corrected chi connectivity index (χ3v) is 6.25. The highest BCUT2D eigenvalue weighted by Crippen LogP contribution is 2.15. The molecule has 0 aliphatic rings. The number of Topliss-reactive ketones (excluding diaryl/α,β-unsaturated/α-hetero) is 1. The minimum atomic E-state index is 0.429. The Morgan fingerprint density at radius 2 is 1.47 bits per heavy atom. The van der Waals surface area contributed by atoms with Gasteiger partial charge in [0.25, 0.3) is 0 Å². The number of carbonyl (C=O) groups is 2. The fourth-order valence-corrected chi connectivity index (χ4v) is 4.00. The van der Waals surface area contributed by atoms with Crippen LogP contribution in [0.15, 0.2) is 43.0 Å². The van der Waals surface area contributed by atoms with Gasteiger partial charge in [0.05, 0.1) is 0 Å². The fourth-order valence-electron chi connectivity index (χ4n) is 3.45. The Morgan fingerprint density at radius 3 is 1.94 bits per heavy atom. The maximum absolute atomic E-state index is 12.1. The van der Waals surface area contributed by atoms with E-state index < -0.39 is 0 Å². The number of carbonyl (C=O) groups excluding carboxylic acids is 2. The molecule has 0 heterocycles. The largest absolute Gasteiger partial charge is 0.303 e. The van der Waals surface area contributed by atoms with E-state index in [4.69, 9.17) is 0 Å². The molecule has 0 aliphatic carbocycles. The van der Waals surface area contributed by atoms with Crippen molar-refractivity contribution in [3.63, 3.8) is 0 Å². The summed E-state index contributed by atoms with van der Waals surface area (Å²) in [6, 6.07) is 10.5. The number of allylic oxidation sites excluding steroid dienone is 1. The van der Waals surface area contributed by atoms with E-state index in [0.717, 1.165) is 32.2 Å². The van der Waals surface area contributed by atoms with Gasteiger partial charge in [0.1, 0.15) is 12.1 Å². The summed E-state index contributed by atoms with van der Waals surface area (Å²) in [4.78, 5) is 21.5. The first-order chi connectivity index (χ1) is 15.7. The second-order valence-electron chi connectivity index (χ2n) is 8.30. The van der Waals surface area contributed by atoms with Crippen LogP contribution >= 0.6 is 11.9 Å². The quantitative estimate of drug-likeness (QED) is 0.0849. The first-order valence-electron chi connectivity index (χ1n) is 12.6. The van der Waals surface area contributed by atoms with Crippen LogP contribution in [0, 0.1) is 0 Å². The van der Waals surface area contributed by atoms with Gasteiger partial charge in [-0.2, -0.15) is 0 Å². The first kappa shape index (κ1) is 30.6. The van der Waals surface area contributed by atoms with E-state index in [1.54, 1.807) is 18.0 Å². The van der Waals surface area contributed by atoms with Gasteiger partial charge < -0.3 is 4.79 Å². The van der Waals surface area contributed by atoms with Gasteiger partial charge in [0.15, 0.2) is 0 Å². The molecule has 0 radical (unpaired) electrons. The summed E-state index contributed by atoms with van der Waals surface area (Å²) in [6.45, 7) is 7.36. The fraction of sp³-hybridized carbons (Fsp3) is 0.643. The Hall–Kier alpha value is -1.39. The molecule has 1 rings (SSSR count). The van der Waals surface area contributed by atoms with Crippen LogP contribution in [0.4, 0.5) is 0 Å². The minimum Gasteiger partial charge on any atom is -0.303 e. The topological polar surface area (TPSA) is 37.4 Å². The first-order valence-corrected chi connectivity index (χ1v) is 13.7. The zero-order chi connectivity index (χ0) is 23.7. The molecule has 0 amide bonds. The van der Waals surface area contributed by atoms with Crippen molar-refractivity contribution in [1.29, 1.82) is 0 Å². The maximum Gasteiger partial charge on any atom is 0.134 e. The van der Waals surface area contributed by atoms with Crippen LogP contribution in [-0.4, -0.2) is 29.2 Å². The highest BCUT2D eigenvalue weighted by atomic mass is 32.2. The molecule has 0 aliphatic heterocycles. The summed E-state index contributed by atoms with van der Waals surface area (Å²) in [5.41, 5.74) is 1.31. The number of rotatable bonds is 20. The van der Waals surface area contributed by atoms with Crippen LogP contribution in [0.3, 0.4) is 0 Å². The molecule has 0 bridgehead atoms. The lowest BCUT2D eigenvalue weighted by Crippen LogP contribution is -2.19. The molecule has 1 aromatic rings. The van der Waals surface area contributed by atoms with E-state index in [-0.39, 0.29) is 0 Å². The van der Waals surface area contributed by atoms with Crippen molar-refractivity contribution < 1.29 is 9.59 Å². The third kappa shape index (κ3) is 20.5. The Labute approximate surface area is 202 Å². The van der Waals surface area contributed by atoms with Crippen LogP contribution in [0.2, 0.25) is 0 Å². The predicted octanol–water partition coefficient (Wildman–Crippen LogP) is 8.19. The summed E-state index contributed by atoms with van der Waals surface area (Å²) < 4.78 is 2.29. The number of nitrogens with zero attached hydrogens (tertiary/aromatic N) is 1. The second-order valence-corrected chi connectivity index (χ2v) is 9.18. The molecule has 0 N–H and O–H groups in total. The summed E-state index contributed by atoms with van der Waals surface area (Å²) in [5.74, 6) is 0.429. The van der Waals surface area contributed by atoms with Gasteiger partial charge in [-0.1, -0.05) is 119 Å². The molecule has 0 atom stereocenters. The van der Waals surface area contributed by atoms with E-state index >= 15 is 0 Å². The summed E-state index contributed by atoms with van der Waals surface area (Å²) in [7, 11) is 0. The van der Waals surface area contributed by atoms with Gasteiger partial charge in [-0.25, -0.2) is 4.31 Å². The molecule has 4 heteroatoms. The second kappa shape index (κ2) is 24.3. The smallest absolute Gasteiger partial charge is 0.134 e. The van der Waals surface area contributed by atoms with Gasteiger partial charge in [0, 0.05) is 32.4 Å². The lowest BCUT2D eigenvalue weighted by atomic mass is 10.0. The highest BCUT2D eigenvalue weighted by molar-refractivity contribution is 7.96. The van der Waals surface area contributed by atoms with E-state index in [1.807, 2.05) is 6.07 Å². The molecular formula is C28H47NO2S. The molecule has 3 nitrogen and oxygen atoms in total. The molecule has 0 unspecified atom stereocenters. The van der Waals surface area contributed by atoms with Gasteiger partial charge >= 0.3 is 0 Å². The molecule has 0 aromatic heterocycles. The Bertz CT molecular complexity index is 556. The third-order valence-electron chi connectivity index (χ3n) is 5.42. The molecule has 32 heavy (non-hydrogen) atoms. The number of unbranched alkanes of at least 4 members (excludes halogenated alkanes) is 10. The van der Waals surface area contributed by atoms with Crippen LogP contribution in [0.25, 0.3) is 0 Å². The monoisotopic (exact) mass is 461 g/mol. The zero-order valence-corrected chi connectivity index (χ0v) is 21.6. The summed E-state index contributed by atoms with van der Waals surface area (Å²) >= 11 is 1.73. The Balaban J connectivity index is 0.00000172. The van der Waals surface area contributed by atoms with E-state index in [9.17, 15) is 9.59 Å². The molecule has 0 spiro atoms. The van der Waals surface area contributed by atoms with Gasteiger partial charge in [0.2, 0.25) is 0 Å². The molecular weight excluding hydrogens is 414 g/mol. The number of hydrogen-bond acceptors (Lipinski definition) is 4.